The summed E-state index contributed by atoms with van der Waals surface area (Å²) in [6, 6.07) is 11.4. The van der Waals surface area contributed by atoms with Gasteiger partial charge in [0, 0.05) is 6.20 Å². The van der Waals surface area contributed by atoms with Gasteiger partial charge in [0.2, 0.25) is 5.91 Å². The Labute approximate surface area is 152 Å². The van der Waals surface area contributed by atoms with Crippen molar-refractivity contribution in [2.45, 2.75) is 32.8 Å². The van der Waals surface area contributed by atoms with Crippen LogP contribution in [-0.2, 0) is 16.8 Å². The number of hydrogen-bond acceptors (Lipinski definition) is 6. The summed E-state index contributed by atoms with van der Waals surface area (Å²) in [5.74, 6) is -0.379. The fourth-order valence-corrected chi connectivity index (χ4v) is 2.10. The van der Waals surface area contributed by atoms with Crippen molar-refractivity contribution in [2.24, 2.45) is 5.73 Å². The van der Waals surface area contributed by atoms with Crippen LogP contribution in [0.1, 0.15) is 31.9 Å². The van der Waals surface area contributed by atoms with E-state index in [4.69, 9.17) is 15.2 Å². The third kappa shape index (κ3) is 5.56. The molecule has 0 saturated carbocycles. The minimum atomic E-state index is -0.960. The monoisotopic (exact) mass is 357 g/mol. The second kappa shape index (κ2) is 8.44. The number of imide groups is 1. The maximum atomic E-state index is 11.6. The van der Waals surface area contributed by atoms with Gasteiger partial charge in [-0.1, -0.05) is 45.0 Å². The molecule has 2 aromatic rings. The van der Waals surface area contributed by atoms with Crippen molar-refractivity contribution in [2.75, 3.05) is 6.54 Å². The first kappa shape index (κ1) is 19.4. The molecule has 0 spiro atoms. The highest BCUT2D eigenvalue weighted by atomic mass is 16.6. The van der Waals surface area contributed by atoms with Crippen molar-refractivity contribution < 1.29 is 19.1 Å². The minimum absolute atomic E-state index is 0.0267. The van der Waals surface area contributed by atoms with E-state index in [-0.39, 0.29) is 24.4 Å². The fourth-order valence-electron chi connectivity index (χ4n) is 2.10. The van der Waals surface area contributed by atoms with Crippen molar-refractivity contribution in [3.05, 3.63) is 53.7 Å². The number of pyridine rings is 1. The van der Waals surface area contributed by atoms with E-state index in [9.17, 15) is 9.59 Å². The van der Waals surface area contributed by atoms with Gasteiger partial charge in [-0.2, -0.15) is 0 Å². The highest BCUT2D eigenvalue weighted by Gasteiger charge is 2.15. The number of carbonyl (C=O) groups excluding carboxylic acids is 2. The topological polar surface area (TPSA) is 104 Å². The second-order valence-corrected chi connectivity index (χ2v) is 6.68. The van der Waals surface area contributed by atoms with Crippen LogP contribution in [-0.4, -0.2) is 23.5 Å². The molecule has 7 nitrogen and oxygen atoms in total. The Morgan fingerprint density at radius 2 is 1.85 bits per heavy atom. The van der Waals surface area contributed by atoms with Crippen LogP contribution in [0.15, 0.2) is 42.6 Å². The van der Waals surface area contributed by atoms with Crippen molar-refractivity contribution >= 4 is 12.0 Å². The fraction of sp³-hybridized carbons (Fsp3) is 0.316. The van der Waals surface area contributed by atoms with Gasteiger partial charge in [0.25, 0.3) is 5.88 Å². The number of hydrogen-bond donors (Lipinski definition) is 2. The van der Waals surface area contributed by atoms with Crippen molar-refractivity contribution in [1.82, 2.24) is 10.3 Å². The van der Waals surface area contributed by atoms with Gasteiger partial charge in [-0.05, 0) is 28.7 Å². The zero-order valence-electron chi connectivity index (χ0n) is 15.1. The Morgan fingerprint density at radius 1 is 1.15 bits per heavy atom. The maximum absolute atomic E-state index is 11.6. The lowest BCUT2D eigenvalue weighted by atomic mass is 9.87. The van der Waals surface area contributed by atoms with E-state index in [1.54, 1.807) is 12.1 Å². The summed E-state index contributed by atoms with van der Waals surface area (Å²) in [6.45, 7) is 6.43. The molecule has 0 fully saturated rings. The molecule has 0 saturated heterocycles. The van der Waals surface area contributed by atoms with E-state index in [1.807, 2.05) is 17.4 Å². The third-order valence-electron chi connectivity index (χ3n) is 3.57. The van der Waals surface area contributed by atoms with Crippen molar-refractivity contribution in [3.8, 4) is 11.6 Å². The van der Waals surface area contributed by atoms with E-state index >= 15 is 0 Å². The molecule has 1 aromatic carbocycles. The molecule has 0 radical (unpaired) electrons. The lowest BCUT2D eigenvalue weighted by Gasteiger charge is -2.19. The smallest absolute Gasteiger partial charge is 0.420 e. The van der Waals surface area contributed by atoms with Gasteiger partial charge >= 0.3 is 6.09 Å². The average molecular weight is 357 g/mol. The summed E-state index contributed by atoms with van der Waals surface area (Å²) in [7, 11) is 0. The van der Waals surface area contributed by atoms with Crippen LogP contribution in [0, 0.1) is 0 Å². The summed E-state index contributed by atoms with van der Waals surface area (Å²) in [5.41, 5.74) is 7.41. The maximum Gasteiger partial charge on any atom is 0.420 e. The van der Waals surface area contributed by atoms with Crippen LogP contribution >= 0.6 is 0 Å². The molecular weight excluding hydrogens is 334 g/mol. The lowest BCUT2D eigenvalue weighted by Crippen LogP contribution is -2.37. The first-order chi connectivity index (χ1) is 12.3. The summed E-state index contributed by atoms with van der Waals surface area (Å²) in [5, 5.41) is 1.98. The van der Waals surface area contributed by atoms with Crippen LogP contribution in [0.2, 0.25) is 0 Å². The van der Waals surface area contributed by atoms with E-state index in [2.05, 4.69) is 37.9 Å². The predicted octanol–water partition coefficient (Wildman–Crippen LogP) is 2.53. The standard InChI is InChI=1S/C19H23N3O4/c1-19(2,3)14-8-6-13(7-9-14)12-25-15-5-4-10-21-17(15)26-18(24)22-16(23)11-20/h4-10H,11-12,20H2,1-3H3,(H,22,23,24). The number of benzene rings is 1. The number of nitrogens with one attached hydrogen (secondary N) is 1. The van der Waals surface area contributed by atoms with E-state index in [0.717, 1.165) is 5.56 Å². The molecule has 2 amide bonds. The van der Waals surface area contributed by atoms with Crippen LogP contribution in [0.5, 0.6) is 11.6 Å². The molecule has 1 heterocycles. The van der Waals surface area contributed by atoms with Crippen molar-refractivity contribution in [1.29, 1.82) is 0 Å². The zero-order valence-corrected chi connectivity index (χ0v) is 15.1. The van der Waals surface area contributed by atoms with Crippen molar-refractivity contribution in [3.63, 3.8) is 0 Å². The summed E-state index contributed by atoms with van der Waals surface area (Å²) in [6.07, 6.45) is 0.497. The predicted molar refractivity (Wildman–Crippen MR) is 96.9 cm³/mol. The third-order valence-corrected chi connectivity index (χ3v) is 3.57. The molecule has 1 aromatic heterocycles. The van der Waals surface area contributed by atoms with Crippen LogP contribution < -0.4 is 20.5 Å². The first-order valence-corrected chi connectivity index (χ1v) is 8.18. The minimum Gasteiger partial charge on any atom is -0.483 e. The largest absolute Gasteiger partial charge is 0.483 e. The molecule has 7 heteroatoms. The Balaban J connectivity index is 2.02. The van der Waals surface area contributed by atoms with E-state index in [1.165, 1.54) is 11.8 Å². The van der Waals surface area contributed by atoms with Gasteiger partial charge in [-0.25, -0.2) is 9.78 Å². The van der Waals surface area contributed by atoms with Crippen LogP contribution in [0.25, 0.3) is 0 Å². The molecule has 138 valence electrons. The zero-order chi connectivity index (χ0) is 19.2. The molecule has 0 aliphatic heterocycles. The molecule has 26 heavy (non-hydrogen) atoms. The molecule has 0 unspecified atom stereocenters. The van der Waals surface area contributed by atoms with Crippen LogP contribution in [0.4, 0.5) is 4.79 Å². The highest BCUT2D eigenvalue weighted by molar-refractivity contribution is 5.93. The molecule has 3 N–H and O–H groups in total. The molecule has 0 aliphatic rings. The van der Waals surface area contributed by atoms with Gasteiger partial charge in [-0.15, -0.1) is 0 Å². The molecule has 0 bridgehead atoms. The highest BCUT2D eigenvalue weighted by Crippen LogP contribution is 2.26. The second-order valence-electron chi connectivity index (χ2n) is 6.68. The van der Waals surface area contributed by atoms with E-state index < -0.39 is 12.0 Å². The SMILES string of the molecule is CC(C)(C)c1ccc(COc2cccnc2OC(=O)NC(=O)CN)cc1. The normalized spacial score (nSPS) is 10.9. The Kier molecular flexibility index (Phi) is 6.30. The van der Waals surface area contributed by atoms with E-state index in [0.29, 0.717) is 5.75 Å². The number of nitrogens with zero attached hydrogens (tertiary/aromatic N) is 1. The molecule has 0 atom stereocenters. The molecular formula is C19H23N3O4. The molecule has 0 aliphatic carbocycles. The number of amides is 2. The first-order valence-electron chi connectivity index (χ1n) is 8.18. The number of nitrogens with two attached hydrogens (primary N) is 1. The lowest BCUT2D eigenvalue weighted by molar-refractivity contribution is -0.118. The Morgan fingerprint density at radius 3 is 2.46 bits per heavy atom. The number of rotatable bonds is 5. The Hall–Kier alpha value is -2.93. The number of carbonyl (C=O) groups is 2. The van der Waals surface area contributed by atoms with Gasteiger partial charge in [0.05, 0.1) is 6.54 Å². The van der Waals surface area contributed by atoms with Gasteiger partial charge < -0.3 is 15.2 Å². The number of ether oxygens (including phenoxy) is 2. The quantitative estimate of drug-likeness (QED) is 0.852. The van der Waals surface area contributed by atoms with Gasteiger partial charge in [-0.3, -0.25) is 10.1 Å². The van der Waals surface area contributed by atoms with Crippen LogP contribution in [0.3, 0.4) is 0 Å². The average Bonchev–Trinajstić information content (AvgIpc) is 2.60. The van der Waals surface area contributed by atoms with Gasteiger partial charge in [0.1, 0.15) is 6.61 Å². The molecule has 2 rings (SSSR count). The van der Waals surface area contributed by atoms with Gasteiger partial charge in [0.15, 0.2) is 5.75 Å². The Bertz CT molecular complexity index is 767. The summed E-state index contributed by atoms with van der Waals surface area (Å²) < 4.78 is 10.7. The number of aromatic nitrogens is 1. The summed E-state index contributed by atoms with van der Waals surface area (Å²) >= 11 is 0. The summed E-state index contributed by atoms with van der Waals surface area (Å²) in [4.78, 5) is 26.7.